The summed E-state index contributed by atoms with van der Waals surface area (Å²) in [5, 5.41) is 2.94. The van der Waals surface area contributed by atoms with Gasteiger partial charge in [0.1, 0.15) is 17.3 Å². The molecule has 0 aliphatic heterocycles. The molecule has 2 aromatic carbocycles. The van der Waals surface area contributed by atoms with Crippen molar-refractivity contribution in [1.29, 1.82) is 0 Å². The van der Waals surface area contributed by atoms with Gasteiger partial charge in [0.2, 0.25) is 0 Å². The van der Waals surface area contributed by atoms with Gasteiger partial charge >= 0.3 is 0 Å². The molecule has 5 heteroatoms. The van der Waals surface area contributed by atoms with Gasteiger partial charge in [0.25, 0.3) is 0 Å². The summed E-state index contributed by atoms with van der Waals surface area (Å²) in [7, 11) is 0. The van der Waals surface area contributed by atoms with Crippen molar-refractivity contribution in [3.63, 3.8) is 0 Å². The van der Waals surface area contributed by atoms with Crippen LogP contribution < -0.4 is 11.1 Å². The minimum Gasteiger partial charge on any atom is -0.373 e. The van der Waals surface area contributed by atoms with Gasteiger partial charge in [-0.2, -0.15) is 0 Å². The summed E-state index contributed by atoms with van der Waals surface area (Å²) in [5.74, 6) is -1.23. The van der Waals surface area contributed by atoms with Crippen molar-refractivity contribution in [2.75, 3.05) is 5.32 Å². The maximum atomic E-state index is 13.9. The highest BCUT2D eigenvalue weighted by Gasteiger charge is 2.29. The molecule has 0 saturated heterocycles. The number of hydrogen-bond donors (Lipinski definition) is 2. The highest BCUT2D eigenvalue weighted by Crippen LogP contribution is 2.40. The fourth-order valence-corrected chi connectivity index (χ4v) is 3.07. The van der Waals surface area contributed by atoms with Gasteiger partial charge in [0, 0.05) is 10.5 Å². The van der Waals surface area contributed by atoms with Crippen LogP contribution in [-0.4, -0.2) is 0 Å². The van der Waals surface area contributed by atoms with Crippen LogP contribution in [0.4, 0.5) is 14.5 Å². The Balaban J connectivity index is 1.94. The largest absolute Gasteiger partial charge is 0.373 e. The average Bonchev–Trinajstić information content (AvgIpc) is 2.71. The van der Waals surface area contributed by atoms with E-state index in [9.17, 15) is 8.78 Å². The Morgan fingerprint density at radius 3 is 2.35 bits per heavy atom. The SMILES string of the molecule is NC1CC(Nc2c(F)cc(Br)cc2F)c2ccccc21. The third kappa shape index (κ3) is 2.31. The minimum absolute atomic E-state index is 0.106. The van der Waals surface area contributed by atoms with Crippen molar-refractivity contribution in [3.05, 3.63) is 63.6 Å². The zero-order chi connectivity index (χ0) is 14.3. The summed E-state index contributed by atoms with van der Waals surface area (Å²) in [5.41, 5.74) is 7.98. The second-order valence-corrected chi connectivity index (χ2v) is 5.83. The lowest BCUT2D eigenvalue weighted by molar-refractivity contribution is 0.575. The van der Waals surface area contributed by atoms with Crippen LogP contribution in [0.5, 0.6) is 0 Å². The summed E-state index contributed by atoms with van der Waals surface area (Å²) in [6.07, 6.45) is 0.619. The Kier molecular flexibility index (Phi) is 3.48. The van der Waals surface area contributed by atoms with Crippen molar-refractivity contribution < 1.29 is 8.78 Å². The van der Waals surface area contributed by atoms with Crippen molar-refractivity contribution >= 4 is 21.6 Å². The predicted octanol–water partition coefficient (Wildman–Crippen LogP) is 4.28. The molecule has 1 aliphatic rings. The zero-order valence-electron chi connectivity index (χ0n) is 10.5. The number of hydrogen-bond acceptors (Lipinski definition) is 2. The lowest BCUT2D eigenvalue weighted by atomic mass is 10.1. The molecule has 0 heterocycles. The van der Waals surface area contributed by atoms with Gasteiger partial charge in [-0.3, -0.25) is 0 Å². The summed E-state index contributed by atoms with van der Waals surface area (Å²) in [4.78, 5) is 0. The molecule has 0 saturated carbocycles. The lowest BCUT2D eigenvalue weighted by Gasteiger charge is -2.17. The molecular formula is C15H13BrF2N2. The van der Waals surface area contributed by atoms with Gasteiger partial charge in [0.05, 0.1) is 6.04 Å². The van der Waals surface area contributed by atoms with Crippen LogP contribution in [0.25, 0.3) is 0 Å². The van der Waals surface area contributed by atoms with Gasteiger partial charge in [0.15, 0.2) is 0 Å². The van der Waals surface area contributed by atoms with E-state index in [1.807, 2.05) is 24.3 Å². The summed E-state index contributed by atoms with van der Waals surface area (Å²) in [6, 6.07) is 9.92. The van der Waals surface area contributed by atoms with Crippen LogP contribution in [-0.2, 0) is 0 Å². The van der Waals surface area contributed by atoms with Crippen molar-refractivity contribution in [1.82, 2.24) is 0 Å². The van der Waals surface area contributed by atoms with Crippen molar-refractivity contribution in [2.24, 2.45) is 5.73 Å². The maximum Gasteiger partial charge on any atom is 0.150 e. The van der Waals surface area contributed by atoms with Gasteiger partial charge in [-0.1, -0.05) is 40.2 Å². The Morgan fingerprint density at radius 2 is 1.70 bits per heavy atom. The highest BCUT2D eigenvalue weighted by atomic mass is 79.9. The average molecular weight is 339 g/mol. The van der Waals surface area contributed by atoms with Crippen LogP contribution in [0.1, 0.15) is 29.6 Å². The first-order valence-electron chi connectivity index (χ1n) is 6.31. The number of fused-ring (bicyclic) bond motifs is 1. The van der Waals surface area contributed by atoms with Crippen molar-refractivity contribution in [2.45, 2.75) is 18.5 Å². The second kappa shape index (κ2) is 5.14. The maximum absolute atomic E-state index is 13.9. The number of rotatable bonds is 2. The number of nitrogens with two attached hydrogens (primary N) is 1. The van der Waals surface area contributed by atoms with Crippen LogP contribution in [0, 0.1) is 11.6 Å². The first kappa shape index (κ1) is 13.5. The van der Waals surface area contributed by atoms with Gasteiger partial charge in [-0.15, -0.1) is 0 Å². The third-order valence-corrected chi connectivity index (χ3v) is 4.04. The van der Waals surface area contributed by atoms with Gasteiger partial charge < -0.3 is 11.1 Å². The third-order valence-electron chi connectivity index (χ3n) is 3.59. The van der Waals surface area contributed by atoms with Crippen LogP contribution in [0.3, 0.4) is 0 Å². The Labute approximate surface area is 124 Å². The van der Waals surface area contributed by atoms with E-state index in [4.69, 9.17) is 5.73 Å². The predicted molar refractivity (Wildman–Crippen MR) is 78.4 cm³/mol. The van der Waals surface area contributed by atoms with E-state index in [1.54, 1.807) is 0 Å². The molecule has 0 spiro atoms. The number of benzene rings is 2. The molecule has 20 heavy (non-hydrogen) atoms. The van der Waals surface area contributed by atoms with Crippen LogP contribution >= 0.6 is 15.9 Å². The second-order valence-electron chi connectivity index (χ2n) is 4.91. The smallest absolute Gasteiger partial charge is 0.150 e. The normalized spacial score (nSPS) is 20.8. The highest BCUT2D eigenvalue weighted by molar-refractivity contribution is 9.10. The van der Waals surface area contributed by atoms with Crippen molar-refractivity contribution in [3.8, 4) is 0 Å². The number of halogens is 3. The van der Waals surface area contributed by atoms with Crippen LogP contribution in [0.2, 0.25) is 0 Å². The topological polar surface area (TPSA) is 38.0 Å². The van der Waals surface area contributed by atoms with E-state index >= 15 is 0 Å². The molecule has 3 rings (SSSR count). The fourth-order valence-electron chi connectivity index (χ4n) is 2.66. The Morgan fingerprint density at radius 1 is 1.10 bits per heavy atom. The fraction of sp³-hybridized carbons (Fsp3) is 0.200. The van der Waals surface area contributed by atoms with E-state index in [2.05, 4.69) is 21.2 Å². The van der Waals surface area contributed by atoms with Gasteiger partial charge in [-0.05, 0) is 29.7 Å². The molecule has 0 bridgehead atoms. The Hall–Kier alpha value is -1.46. The van der Waals surface area contributed by atoms with E-state index in [-0.39, 0.29) is 17.8 Å². The molecule has 0 fully saturated rings. The van der Waals surface area contributed by atoms with Crippen LogP contribution in [0.15, 0.2) is 40.9 Å². The molecule has 104 valence electrons. The summed E-state index contributed by atoms with van der Waals surface area (Å²) >= 11 is 3.07. The van der Waals surface area contributed by atoms with E-state index in [0.717, 1.165) is 11.1 Å². The molecule has 2 aromatic rings. The van der Waals surface area contributed by atoms with E-state index < -0.39 is 11.6 Å². The quantitative estimate of drug-likeness (QED) is 0.857. The monoisotopic (exact) mass is 338 g/mol. The number of nitrogens with one attached hydrogen (secondary N) is 1. The number of anilines is 1. The molecular weight excluding hydrogens is 326 g/mol. The zero-order valence-corrected chi connectivity index (χ0v) is 12.1. The Bertz CT molecular complexity index is 637. The molecule has 2 nitrogen and oxygen atoms in total. The van der Waals surface area contributed by atoms with E-state index in [0.29, 0.717) is 10.9 Å². The lowest BCUT2D eigenvalue weighted by Crippen LogP contribution is -2.12. The molecule has 1 aliphatic carbocycles. The first-order chi connectivity index (χ1) is 9.56. The molecule has 2 unspecified atom stereocenters. The molecule has 0 radical (unpaired) electrons. The minimum atomic E-state index is -0.616. The first-order valence-corrected chi connectivity index (χ1v) is 7.11. The molecule has 2 atom stereocenters. The van der Waals surface area contributed by atoms with Gasteiger partial charge in [-0.25, -0.2) is 8.78 Å². The van der Waals surface area contributed by atoms with E-state index in [1.165, 1.54) is 12.1 Å². The standard InChI is InChI=1S/C15H13BrF2N2/c16-8-5-11(17)15(12(18)6-8)20-14-7-13(19)9-3-1-2-4-10(9)14/h1-6,13-14,20H,7,19H2. The summed E-state index contributed by atoms with van der Waals surface area (Å²) in [6.45, 7) is 0. The summed E-state index contributed by atoms with van der Waals surface area (Å²) < 4.78 is 28.1. The molecule has 3 N–H and O–H groups in total. The molecule has 0 aromatic heterocycles. The molecule has 0 amide bonds.